The Bertz CT molecular complexity index is 511. The molecule has 1 heterocycles. The Morgan fingerprint density at radius 2 is 1.95 bits per heavy atom. The van der Waals surface area contributed by atoms with E-state index in [4.69, 9.17) is 5.11 Å². The van der Waals surface area contributed by atoms with Crippen LogP contribution in [-0.2, 0) is 6.18 Å². The van der Waals surface area contributed by atoms with Crippen LogP contribution in [-0.4, -0.2) is 42.2 Å². The van der Waals surface area contributed by atoms with Gasteiger partial charge >= 0.3 is 12.1 Å². The quantitative estimate of drug-likeness (QED) is 0.878. The highest BCUT2D eigenvalue weighted by Gasteiger charge is 2.34. The number of carboxylic acid groups (broad SMARTS) is 1. The molecule has 1 fully saturated rings. The lowest BCUT2D eigenvalue weighted by Gasteiger charge is -2.18. The molecule has 116 valence electrons. The SMILES string of the molecule is O=C(O)c1ccc(NCCN2CCCC2)c(C(F)(F)F)c1. The third-order valence-corrected chi connectivity index (χ3v) is 3.51. The maximum Gasteiger partial charge on any atom is 0.418 e. The number of halogens is 3. The number of hydrogen-bond donors (Lipinski definition) is 2. The molecule has 0 spiro atoms. The van der Waals surface area contributed by atoms with Crippen molar-refractivity contribution in [3.8, 4) is 0 Å². The van der Waals surface area contributed by atoms with E-state index in [-0.39, 0.29) is 11.3 Å². The highest BCUT2D eigenvalue weighted by molar-refractivity contribution is 5.88. The van der Waals surface area contributed by atoms with Crippen LogP contribution in [0.15, 0.2) is 18.2 Å². The fourth-order valence-corrected chi connectivity index (χ4v) is 2.42. The summed E-state index contributed by atoms with van der Waals surface area (Å²) in [6.45, 7) is 3.03. The number of hydrogen-bond acceptors (Lipinski definition) is 3. The first-order valence-electron chi connectivity index (χ1n) is 6.78. The lowest BCUT2D eigenvalue weighted by molar-refractivity contribution is -0.137. The number of alkyl halides is 3. The summed E-state index contributed by atoms with van der Waals surface area (Å²) < 4.78 is 38.9. The van der Waals surface area contributed by atoms with Crippen molar-refractivity contribution in [1.29, 1.82) is 0 Å². The Hall–Kier alpha value is -1.76. The molecule has 2 N–H and O–H groups in total. The molecule has 0 aromatic heterocycles. The van der Waals surface area contributed by atoms with Gasteiger partial charge in [-0.15, -0.1) is 0 Å². The number of rotatable bonds is 5. The topological polar surface area (TPSA) is 52.6 Å². The molecule has 0 amide bonds. The van der Waals surface area contributed by atoms with Gasteiger partial charge < -0.3 is 15.3 Å². The van der Waals surface area contributed by atoms with E-state index in [1.54, 1.807) is 0 Å². The molecule has 0 unspecified atom stereocenters. The summed E-state index contributed by atoms with van der Waals surface area (Å²) in [5.41, 5.74) is -1.39. The first-order chi connectivity index (χ1) is 9.88. The van der Waals surface area contributed by atoms with Crippen molar-refractivity contribution in [3.05, 3.63) is 29.3 Å². The number of nitrogens with one attached hydrogen (secondary N) is 1. The zero-order valence-electron chi connectivity index (χ0n) is 11.4. The molecule has 1 aliphatic rings. The summed E-state index contributed by atoms with van der Waals surface area (Å²) in [5, 5.41) is 11.5. The Kier molecular flexibility index (Phi) is 4.72. The number of aromatic carboxylic acids is 1. The summed E-state index contributed by atoms with van der Waals surface area (Å²) in [6.07, 6.45) is -2.33. The number of benzene rings is 1. The molecule has 2 rings (SSSR count). The van der Waals surface area contributed by atoms with Crippen molar-refractivity contribution in [1.82, 2.24) is 4.90 Å². The number of carbonyl (C=O) groups is 1. The van der Waals surface area contributed by atoms with E-state index in [0.29, 0.717) is 19.2 Å². The van der Waals surface area contributed by atoms with E-state index in [1.807, 2.05) is 0 Å². The van der Waals surface area contributed by atoms with Gasteiger partial charge in [-0.3, -0.25) is 0 Å². The van der Waals surface area contributed by atoms with E-state index in [2.05, 4.69) is 10.2 Å². The van der Waals surface area contributed by atoms with Gasteiger partial charge in [0, 0.05) is 18.8 Å². The standard InChI is InChI=1S/C14H17F3N2O2/c15-14(16,17)11-9-10(13(20)21)3-4-12(11)18-5-8-19-6-1-2-7-19/h3-4,9,18H,1-2,5-8H2,(H,20,21). The van der Waals surface area contributed by atoms with Crippen molar-refractivity contribution >= 4 is 11.7 Å². The van der Waals surface area contributed by atoms with Crippen LogP contribution in [0, 0.1) is 0 Å². The molecule has 0 bridgehead atoms. The molecule has 0 saturated carbocycles. The van der Waals surface area contributed by atoms with Crippen LogP contribution in [0.25, 0.3) is 0 Å². The predicted molar refractivity (Wildman–Crippen MR) is 72.6 cm³/mol. The van der Waals surface area contributed by atoms with Gasteiger partial charge in [-0.05, 0) is 44.1 Å². The van der Waals surface area contributed by atoms with Gasteiger partial charge in [0.15, 0.2) is 0 Å². The molecule has 0 atom stereocenters. The van der Waals surface area contributed by atoms with Gasteiger partial charge in [-0.1, -0.05) is 0 Å². The van der Waals surface area contributed by atoms with Crippen molar-refractivity contribution in [2.75, 3.05) is 31.5 Å². The normalized spacial score (nSPS) is 16.1. The summed E-state index contributed by atoms with van der Waals surface area (Å²) >= 11 is 0. The molecular formula is C14H17F3N2O2. The van der Waals surface area contributed by atoms with Gasteiger partial charge in [0.1, 0.15) is 0 Å². The first kappa shape index (κ1) is 15.6. The van der Waals surface area contributed by atoms with Crippen LogP contribution >= 0.6 is 0 Å². The summed E-state index contributed by atoms with van der Waals surface area (Å²) in [7, 11) is 0. The summed E-state index contributed by atoms with van der Waals surface area (Å²) in [5.74, 6) is -1.37. The van der Waals surface area contributed by atoms with Crippen molar-refractivity contribution in [2.24, 2.45) is 0 Å². The molecule has 1 aliphatic heterocycles. The minimum absolute atomic E-state index is 0.0771. The largest absolute Gasteiger partial charge is 0.478 e. The molecule has 1 saturated heterocycles. The molecular weight excluding hydrogens is 285 g/mol. The first-order valence-corrected chi connectivity index (χ1v) is 6.78. The van der Waals surface area contributed by atoms with Gasteiger partial charge in [0.05, 0.1) is 11.1 Å². The van der Waals surface area contributed by atoms with Gasteiger partial charge in [-0.25, -0.2) is 4.79 Å². The molecule has 1 aromatic carbocycles. The number of nitrogens with zero attached hydrogens (tertiary/aromatic N) is 1. The van der Waals surface area contributed by atoms with E-state index in [1.165, 1.54) is 12.1 Å². The van der Waals surface area contributed by atoms with Gasteiger partial charge in [0.25, 0.3) is 0 Å². The molecule has 0 aliphatic carbocycles. The molecule has 0 radical (unpaired) electrons. The third kappa shape index (κ3) is 4.10. The second kappa shape index (κ2) is 6.34. The Morgan fingerprint density at radius 3 is 2.52 bits per heavy atom. The number of likely N-dealkylation sites (tertiary alicyclic amines) is 1. The van der Waals surface area contributed by atoms with Crippen molar-refractivity contribution in [3.63, 3.8) is 0 Å². The van der Waals surface area contributed by atoms with Crippen molar-refractivity contribution < 1.29 is 23.1 Å². The number of anilines is 1. The summed E-state index contributed by atoms with van der Waals surface area (Å²) in [6, 6.07) is 3.02. The fraction of sp³-hybridized carbons (Fsp3) is 0.500. The number of carboxylic acids is 1. The monoisotopic (exact) mass is 302 g/mol. The zero-order chi connectivity index (χ0) is 15.5. The van der Waals surface area contributed by atoms with Crippen LogP contribution in [0.1, 0.15) is 28.8 Å². The van der Waals surface area contributed by atoms with Crippen LogP contribution < -0.4 is 5.32 Å². The average Bonchev–Trinajstić information content (AvgIpc) is 2.90. The zero-order valence-corrected chi connectivity index (χ0v) is 11.4. The van der Waals surface area contributed by atoms with E-state index in [9.17, 15) is 18.0 Å². The molecule has 4 nitrogen and oxygen atoms in total. The van der Waals surface area contributed by atoms with E-state index >= 15 is 0 Å². The van der Waals surface area contributed by atoms with Crippen LogP contribution in [0.3, 0.4) is 0 Å². The highest BCUT2D eigenvalue weighted by atomic mass is 19.4. The third-order valence-electron chi connectivity index (χ3n) is 3.51. The minimum Gasteiger partial charge on any atom is -0.478 e. The maximum atomic E-state index is 13.0. The van der Waals surface area contributed by atoms with Crippen molar-refractivity contribution in [2.45, 2.75) is 19.0 Å². The maximum absolute atomic E-state index is 13.0. The highest BCUT2D eigenvalue weighted by Crippen LogP contribution is 2.35. The average molecular weight is 302 g/mol. The second-order valence-corrected chi connectivity index (χ2v) is 5.04. The smallest absolute Gasteiger partial charge is 0.418 e. The molecule has 1 aromatic rings. The fourth-order valence-electron chi connectivity index (χ4n) is 2.42. The van der Waals surface area contributed by atoms with Gasteiger partial charge in [-0.2, -0.15) is 13.2 Å². The van der Waals surface area contributed by atoms with Crippen LogP contribution in [0.4, 0.5) is 18.9 Å². The Morgan fingerprint density at radius 1 is 1.29 bits per heavy atom. The van der Waals surface area contributed by atoms with E-state index in [0.717, 1.165) is 25.9 Å². The summed E-state index contributed by atoms with van der Waals surface area (Å²) in [4.78, 5) is 13.0. The predicted octanol–water partition coefficient (Wildman–Crippen LogP) is 2.91. The van der Waals surface area contributed by atoms with E-state index < -0.39 is 17.7 Å². The van der Waals surface area contributed by atoms with Gasteiger partial charge in [0.2, 0.25) is 0 Å². The van der Waals surface area contributed by atoms with Crippen LogP contribution in [0.2, 0.25) is 0 Å². The lowest BCUT2D eigenvalue weighted by Crippen LogP contribution is -2.26. The minimum atomic E-state index is -4.58. The Balaban J connectivity index is 2.08. The van der Waals surface area contributed by atoms with Crippen LogP contribution in [0.5, 0.6) is 0 Å². The molecule has 7 heteroatoms. The Labute approximate surface area is 120 Å². The second-order valence-electron chi connectivity index (χ2n) is 5.04. The molecule has 21 heavy (non-hydrogen) atoms. The lowest BCUT2D eigenvalue weighted by atomic mass is 10.1.